The fourth-order valence-electron chi connectivity index (χ4n) is 4.15. The molecule has 0 aliphatic carbocycles. The van der Waals surface area contributed by atoms with Crippen LogP contribution in [0, 0.1) is 18.7 Å². The Kier molecular flexibility index (Phi) is 6.54. The first-order chi connectivity index (χ1) is 16.2. The van der Waals surface area contributed by atoms with Crippen molar-refractivity contribution in [3.05, 3.63) is 65.4 Å². The largest absolute Gasteiger partial charge is 0.475 e. The number of likely N-dealkylation sites (tertiary alicyclic amines) is 1. The third-order valence-corrected chi connectivity index (χ3v) is 6.06. The van der Waals surface area contributed by atoms with Crippen molar-refractivity contribution in [2.45, 2.75) is 38.9 Å². The topological polar surface area (TPSA) is 73.1 Å². The Balaban J connectivity index is 1.58. The van der Waals surface area contributed by atoms with Gasteiger partial charge in [-0.1, -0.05) is 6.92 Å². The number of hydrogen-bond donors (Lipinski definition) is 0. The maximum atomic E-state index is 14.3. The zero-order chi connectivity index (χ0) is 24.5. The number of halogens is 4. The normalized spacial score (nSPS) is 18.7. The van der Waals surface area contributed by atoms with E-state index in [-0.39, 0.29) is 47.2 Å². The summed E-state index contributed by atoms with van der Waals surface area (Å²) in [5.41, 5.74) is -0.109. The molecule has 3 aromatic rings. The number of benzene rings is 1. The van der Waals surface area contributed by atoms with E-state index >= 15 is 0 Å². The summed E-state index contributed by atoms with van der Waals surface area (Å²) in [7, 11) is 0. The van der Waals surface area contributed by atoms with Crippen molar-refractivity contribution in [1.29, 1.82) is 0 Å². The van der Waals surface area contributed by atoms with Crippen LogP contribution in [0.15, 0.2) is 42.9 Å². The molecule has 1 aromatic carbocycles. The van der Waals surface area contributed by atoms with E-state index < -0.39 is 17.6 Å². The van der Waals surface area contributed by atoms with Crippen molar-refractivity contribution in [3.63, 3.8) is 0 Å². The van der Waals surface area contributed by atoms with Gasteiger partial charge in [-0.2, -0.15) is 28.2 Å². The van der Waals surface area contributed by atoms with Gasteiger partial charge >= 0.3 is 6.18 Å². The summed E-state index contributed by atoms with van der Waals surface area (Å²) in [6.07, 6.45) is 0.741. The number of aromatic nitrogens is 4. The number of ether oxygens (including phenoxy) is 1. The van der Waals surface area contributed by atoms with E-state index in [2.05, 4.69) is 15.2 Å². The summed E-state index contributed by atoms with van der Waals surface area (Å²) >= 11 is 0. The van der Waals surface area contributed by atoms with Crippen LogP contribution in [0.25, 0.3) is 5.69 Å². The van der Waals surface area contributed by atoms with Gasteiger partial charge in [0.2, 0.25) is 5.88 Å². The van der Waals surface area contributed by atoms with E-state index in [9.17, 15) is 22.4 Å². The lowest BCUT2D eigenvalue weighted by atomic mass is 9.90. The van der Waals surface area contributed by atoms with E-state index in [0.717, 1.165) is 25.0 Å². The van der Waals surface area contributed by atoms with Crippen LogP contribution in [-0.4, -0.2) is 50.0 Å². The summed E-state index contributed by atoms with van der Waals surface area (Å²) < 4.78 is 58.3. The quantitative estimate of drug-likeness (QED) is 0.508. The number of piperidine rings is 1. The Morgan fingerprint density at radius 1 is 1.18 bits per heavy atom. The van der Waals surface area contributed by atoms with Crippen molar-refractivity contribution in [3.8, 4) is 11.6 Å². The molecule has 1 amide bonds. The van der Waals surface area contributed by atoms with Gasteiger partial charge in [-0.3, -0.25) is 4.79 Å². The molecule has 180 valence electrons. The number of amides is 1. The molecule has 1 saturated heterocycles. The van der Waals surface area contributed by atoms with Crippen LogP contribution in [0.3, 0.4) is 0 Å². The van der Waals surface area contributed by atoms with Crippen molar-refractivity contribution >= 4 is 5.91 Å². The van der Waals surface area contributed by atoms with Crippen molar-refractivity contribution in [1.82, 2.24) is 24.9 Å². The molecule has 1 aliphatic heterocycles. The lowest BCUT2D eigenvalue weighted by Crippen LogP contribution is -2.51. The predicted molar refractivity (Wildman–Crippen MR) is 114 cm³/mol. The molecule has 4 rings (SSSR count). The Morgan fingerprint density at radius 3 is 2.56 bits per heavy atom. The first-order valence-electron chi connectivity index (χ1n) is 10.8. The van der Waals surface area contributed by atoms with Gasteiger partial charge in [0.05, 0.1) is 29.6 Å². The van der Waals surface area contributed by atoms with Crippen LogP contribution in [-0.2, 0) is 6.18 Å². The lowest BCUT2D eigenvalue weighted by Gasteiger charge is -2.40. The van der Waals surface area contributed by atoms with Gasteiger partial charge in [-0.05, 0) is 43.9 Å². The minimum Gasteiger partial charge on any atom is -0.475 e. The van der Waals surface area contributed by atoms with E-state index in [1.54, 1.807) is 11.8 Å². The van der Waals surface area contributed by atoms with Gasteiger partial charge < -0.3 is 9.64 Å². The minimum absolute atomic E-state index is 0.0391. The second-order valence-corrected chi connectivity index (χ2v) is 8.27. The number of hydrogen-bond acceptors (Lipinski definition) is 5. The molecule has 1 fully saturated rings. The third kappa shape index (κ3) is 4.73. The van der Waals surface area contributed by atoms with E-state index in [1.807, 2.05) is 6.92 Å². The molecule has 3 heterocycles. The van der Waals surface area contributed by atoms with Crippen LogP contribution in [0.4, 0.5) is 17.6 Å². The molecule has 2 unspecified atom stereocenters. The fraction of sp³-hybridized carbons (Fsp3) is 0.391. The molecule has 1 aliphatic rings. The van der Waals surface area contributed by atoms with E-state index in [1.165, 1.54) is 29.3 Å². The second-order valence-electron chi connectivity index (χ2n) is 8.27. The molecule has 0 saturated carbocycles. The van der Waals surface area contributed by atoms with Gasteiger partial charge in [0.1, 0.15) is 18.1 Å². The zero-order valence-electron chi connectivity index (χ0n) is 18.6. The summed E-state index contributed by atoms with van der Waals surface area (Å²) in [5.74, 6) is -0.697. The van der Waals surface area contributed by atoms with Gasteiger partial charge in [0.25, 0.3) is 5.91 Å². The summed E-state index contributed by atoms with van der Waals surface area (Å²) in [5, 5.41) is 8.13. The maximum absolute atomic E-state index is 14.3. The molecule has 34 heavy (non-hydrogen) atoms. The van der Waals surface area contributed by atoms with Crippen molar-refractivity contribution in [2.24, 2.45) is 5.92 Å². The number of pyridine rings is 1. The Bertz CT molecular complexity index is 1150. The van der Waals surface area contributed by atoms with E-state index in [0.29, 0.717) is 12.7 Å². The van der Waals surface area contributed by atoms with Gasteiger partial charge in [-0.15, -0.1) is 0 Å². The molecule has 2 aromatic heterocycles. The molecule has 0 N–H and O–H groups in total. The third-order valence-electron chi connectivity index (χ3n) is 6.06. The van der Waals surface area contributed by atoms with Gasteiger partial charge in [-0.25, -0.2) is 9.37 Å². The van der Waals surface area contributed by atoms with Gasteiger partial charge in [0.15, 0.2) is 0 Å². The Labute approximate surface area is 193 Å². The van der Waals surface area contributed by atoms with Crippen LogP contribution < -0.4 is 4.74 Å². The highest BCUT2D eigenvalue weighted by Crippen LogP contribution is 2.31. The summed E-state index contributed by atoms with van der Waals surface area (Å²) in [6, 6.07) is 4.36. The smallest absolute Gasteiger partial charge is 0.417 e. The average Bonchev–Trinajstić information content (AvgIpc) is 3.33. The standard InChI is InChI=1S/C23H23F4N5O2/c1-14-4-3-11-31(19(14)13-34-20-8-5-16(12-28-20)23(25,26)27)22(33)17-6-7-18(24)15(2)21(17)32-29-9-10-30-32/h5-10,12,14,19H,3-4,11,13H2,1-2H3. The van der Waals surface area contributed by atoms with Crippen molar-refractivity contribution < 1.29 is 27.1 Å². The molecular formula is C23H23F4N5O2. The number of nitrogens with zero attached hydrogens (tertiary/aromatic N) is 5. The highest BCUT2D eigenvalue weighted by Gasteiger charge is 2.35. The SMILES string of the molecule is Cc1c(F)ccc(C(=O)N2CCCC(C)C2COc2ccc(C(F)(F)F)cn2)c1-n1nccn1. The maximum Gasteiger partial charge on any atom is 0.417 e. The average molecular weight is 477 g/mol. The van der Waals surface area contributed by atoms with Crippen LogP contribution in [0.2, 0.25) is 0 Å². The molecule has 11 heteroatoms. The van der Waals surface area contributed by atoms with Crippen LogP contribution in [0.5, 0.6) is 5.88 Å². The monoisotopic (exact) mass is 477 g/mol. The molecule has 7 nitrogen and oxygen atoms in total. The lowest BCUT2D eigenvalue weighted by molar-refractivity contribution is -0.137. The van der Waals surface area contributed by atoms with Crippen LogP contribution >= 0.6 is 0 Å². The zero-order valence-corrected chi connectivity index (χ0v) is 18.6. The minimum atomic E-state index is -4.49. The first-order valence-corrected chi connectivity index (χ1v) is 10.8. The molecule has 0 radical (unpaired) electrons. The molecule has 2 atom stereocenters. The number of carbonyl (C=O) groups excluding carboxylic acids is 1. The number of alkyl halides is 3. The number of rotatable bonds is 5. The van der Waals surface area contributed by atoms with Crippen LogP contribution in [0.1, 0.15) is 41.3 Å². The highest BCUT2D eigenvalue weighted by atomic mass is 19.4. The highest BCUT2D eigenvalue weighted by molar-refractivity contribution is 5.98. The summed E-state index contributed by atoms with van der Waals surface area (Å²) in [6.45, 7) is 4.06. The van der Waals surface area contributed by atoms with Gasteiger partial charge in [0, 0.05) is 24.4 Å². The molecular weight excluding hydrogens is 454 g/mol. The Morgan fingerprint density at radius 2 is 1.91 bits per heavy atom. The molecule has 0 bridgehead atoms. The first kappa shape index (κ1) is 23.7. The second kappa shape index (κ2) is 9.40. The molecule has 0 spiro atoms. The predicted octanol–water partition coefficient (Wildman–Crippen LogP) is 4.45. The fourth-order valence-corrected chi connectivity index (χ4v) is 4.15. The van der Waals surface area contributed by atoms with Crippen molar-refractivity contribution in [2.75, 3.05) is 13.2 Å². The van der Waals surface area contributed by atoms with E-state index in [4.69, 9.17) is 4.74 Å². The number of carbonyl (C=O) groups is 1. The summed E-state index contributed by atoms with van der Waals surface area (Å²) in [4.78, 5) is 20.3. The Hall–Kier alpha value is -3.50.